The van der Waals surface area contributed by atoms with Crippen molar-refractivity contribution in [1.29, 1.82) is 0 Å². The quantitative estimate of drug-likeness (QED) is 0.700. The summed E-state index contributed by atoms with van der Waals surface area (Å²) < 4.78 is 15.8. The van der Waals surface area contributed by atoms with E-state index in [9.17, 15) is 4.39 Å². The largest absolute Gasteiger partial charge is 0.290 e. The highest BCUT2D eigenvalue weighted by molar-refractivity contribution is 5.25. The van der Waals surface area contributed by atoms with Gasteiger partial charge in [0.2, 0.25) is 0 Å². The fourth-order valence-corrected chi connectivity index (χ4v) is 3.76. The second kappa shape index (κ2) is 7.38. The summed E-state index contributed by atoms with van der Waals surface area (Å²) in [7, 11) is 1.94. The third-order valence-corrected chi connectivity index (χ3v) is 5.01. The van der Waals surface area contributed by atoms with Crippen molar-refractivity contribution in [3.63, 3.8) is 0 Å². The van der Waals surface area contributed by atoms with Crippen molar-refractivity contribution in [2.24, 2.45) is 7.05 Å². The topological polar surface area (TPSA) is 34.0 Å². The number of aromatic nitrogens is 3. The highest BCUT2D eigenvalue weighted by Gasteiger charge is 2.27. The second-order valence-corrected chi connectivity index (χ2v) is 6.97. The predicted molar refractivity (Wildman–Crippen MR) is 99.0 cm³/mol. The molecule has 3 heterocycles. The van der Waals surface area contributed by atoms with Gasteiger partial charge in [-0.05, 0) is 43.1 Å². The Hall–Kier alpha value is -2.53. The van der Waals surface area contributed by atoms with Gasteiger partial charge >= 0.3 is 0 Å². The molecule has 2 aromatic heterocycles. The average Bonchev–Trinajstić information content (AvgIpc) is 3.26. The average molecular weight is 350 g/mol. The molecule has 5 heteroatoms. The Bertz CT molecular complexity index is 889. The fraction of sp³-hybridized carbons (Fsp3) is 0.333. The van der Waals surface area contributed by atoms with Gasteiger partial charge in [-0.2, -0.15) is 5.10 Å². The van der Waals surface area contributed by atoms with Gasteiger partial charge < -0.3 is 0 Å². The Balaban J connectivity index is 1.52. The molecule has 3 aromatic rings. The molecule has 0 saturated carbocycles. The van der Waals surface area contributed by atoms with E-state index in [2.05, 4.69) is 22.3 Å². The molecule has 0 radical (unpaired) electrons. The van der Waals surface area contributed by atoms with Crippen LogP contribution in [0.3, 0.4) is 0 Å². The Labute approximate surface area is 153 Å². The van der Waals surface area contributed by atoms with E-state index in [0.717, 1.165) is 30.9 Å². The highest BCUT2D eigenvalue weighted by Crippen LogP contribution is 2.32. The minimum absolute atomic E-state index is 0.168. The van der Waals surface area contributed by atoms with Crippen molar-refractivity contribution in [3.05, 3.63) is 83.2 Å². The van der Waals surface area contributed by atoms with E-state index in [4.69, 9.17) is 4.98 Å². The number of aryl methyl sites for hydroxylation is 1. The summed E-state index contributed by atoms with van der Waals surface area (Å²) in [5.74, 6) is -0.168. The van der Waals surface area contributed by atoms with Gasteiger partial charge in [-0.1, -0.05) is 24.3 Å². The first-order valence-corrected chi connectivity index (χ1v) is 9.10. The molecule has 1 fully saturated rings. The normalized spacial score (nSPS) is 17.7. The van der Waals surface area contributed by atoms with Gasteiger partial charge in [0.05, 0.1) is 17.9 Å². The van der Waals surface area contributed by atoms with E-state index in [1.54, 1.807) is 6.07 Å². The number of hydrogen-bond donors (Lipinski definition) is 0. The summed E-state index contributed by atoms with van der Waals surface area (Å²) in [5.41, 5.74) is 3.92. The lowest BCUT2D eigenvalue weighted by Gasteiger charge is -2.23. The van der Waals surface area contributed by atoms with Crippen molar-refractivity contribution in [2.75, 3.05) is 6.54 Å². The predicted octanol–water partition coefficient (Wildman–Crippen LogP) is 3.88. The van der Waals surface area contributed by atoms with Crippen molar-refractivity contribution in [1.82, 2.24) is 19.7 Å². The van der Waals surface area contributed by atoms with E-state index < -0.39 is 0 Å². The van der Waals surface area contributed by atoms with E-state index in [1.807, 2.05) is 42.2 Å². The molecular weight excluding hydrogens is 327 g/mol. The number of likely N-dealkylation sites (tertiary alicyclic amines) is 1. The summed E-state index contributed by atoms with van der Waals surface area (Å²) in [6.07, 6.45) is 6.80. The molecule has 0 unspecified atom stereocenters. The number of hydrogen-bond acceptors (Lipinski definition) is 3. The van der Waals surface area contributed by atoms with Crippen molar-refractivity contribution >= 4 is 0 Å². The molecule has 26 heavy (non-hydrogen) atoms. The minimum Gasteiger partial charge on any atom is -0.290 e. The van der Waals surface area contributed by atoms with Crippen LogP contribution in [0.4, 0.5) is 4.39 Å². The van der Waals surface area contributed by atoms with E-state index >= 15 is 0 Å². The van der Waals surface area contributed by atoms with Crippen molar-refractivity contribution in [2.45, 2.75) is 31.8 Å². The Kier molecular flexibility index (Phi) is 4.80. The van der Waals surface area contributed by atoms with Gasteiger partial charge in [0.1, 0.15) is 5.82 Å². The first-order chi connectivity index (χ1) is 12.7. The summed E-state index contributed by atoms with van der Waals surface area (Å²) >= 11 is 0. The molecule has 1 atom stereocenters. The Morgan fingerprint density at radius 2 is 2.04 bits per heavy atom. The maximum absolute atomic E-state index is 13.9. The number of halogens is 1. The highest BCUT2D eigenvalue weighted by atomic mass is 19.1. The summed E-state index contributed by atoms with van der Waals surface area (Å²) in [6, 6.07) is 13.4. The van der Waals surface area contributed by atoms with E-state index in [0.29, 0.717) is 18.0 Å². The van der Waals surface area contributed by atoms with Crippen LogP contribution in [0.5, 0.6) is 0 Å². The molecule has 0 aliphatic carbocycles. The molecule has 4 nitrogen and oxygen atoms in total. The molecule has 0 bridgehead atoms. The van der Waals surface area contributed by atoms with Gasteiger partial charge in [-0.15, -0.1) is 0 Å². The van der Waals surface area contributed by atoms with Crippen LogP contribution in [0, 0.1) is 5.82 Å². The van der Waals surface area contributed by atoms with Crippen LogP contribution in [0.15, 0.2) is 54.9 Å². The lowest BCUT2D eigenvalue weighted by Crippen LogP contribution is -2.23. The molecule has 1 saturated heterocycles. The molecule has 4 rings (SSSR count). The van der Waals surface area contributed by atoms with Crippen LogP contribution in [0.2, 0.25) is 0 Å². The SMILES string of the molecule is Cn1cc(CN2CCC[C@H]2c2cccc(Cc3ccccc3F)n2)cn1. The molecule has 0 N–H and O–H groups in total. The molecule has 0 spiro atoms. The lowest BCUT2D eigenvalue weighted by atomic mass is 10.1. The molecular formula is C21H23FN4. The number of benzene rings is 1. The zero-order chi connectivity index (χ0) is 17.9. The number of pyridine rings is 1. The zero-order valence-electron chi connectivity index (χ0n) is 15.0. The van der Waals surface area contributed by atoms with Crippen LogP contribution >= 0.6 is 0 Å². The van der Waals surface area contributed by atoms with Crippen LogP contribution in [-0.2, 0) is 20.0 Å². The monoisotopic (exact) mass is 350 g/mol. The standard InChI is InChI=1S/C21H23FN4/c1-25-14-16(13-23-25)15-26-11-5-10-21(26)20-9-4-7-18(24-20)12-17-6-2-3-8-19(17)22/h2-4,6-9,13-14,21H,5,10-12,15H2,1H3/t21-/m0/s1. The first kappa shape index (κ1) is 16.9. The van der Waals surface area contributed by atoms with Gasteiger partial charge in [0.25, 0.3) is 0 Å². The third-order valence-electron chi connectivity index (χ3n) is 5.01. The summed E-state index contributed by atoms with van der Waals surface area (Å²) in [6.45, 7) is 1.95. The summed E-state index contributed by atoms with van der Waals surface area (Å²) in [4.78, 5) is 7.32. The van der Waals surface area contributed by atoms with E-state index in [1.165, 1.54) is 18.1 Å². The second-order valence-electron chi connectivity index (χ2n) is 6.97. The van der Waals surface area contributed by atoms with Gasteiger partial charge in [0, 0.05) is 37.5 Å². The van der Waals surface area contributed by atoms with E-state index in [-0.39, 0.29) is 5.82 Å². The van der Waals surface area contributed by atoms with Crippen LogP contribution in [0.25, 0.3) is 0 Å². The number of rotatable bonds is 5. The number of nitrogens with zero attached hydrogens (tertiary/aromatic N) is 4. The lowest BCUT2D eigenvalue weighted by molar-refractivity contribution is 0.244. The van der Waals surface area contributed by atoms with Gasteiger partial charge in [-0.25, -0.2) is 4.39 Å². The van der Waals surface area contributed by atoms with Crippen molar-refractivity contribution < 1.29 is 4.39 Å². The minimum atomic E-state index is -0.168. The zero-order valence-corrected chi connectivity index (χ0v) is 15.0. The molecule has 0 amide bonds. The molecule has 1 aliphatic rings. The molecule has 134 valence electrons. The maximum Gasteiger partial charge on any atom is 0.126 e. The first-order valence-electron chi connectivity index (χ1n) is 9.10. The van der Waals surface area contributed by atoms with Crippen LogP contribution in [-0.4, -0.2) is 26.2 Å². The maximum atomic E-state index is 13.9. The van der Waals surface area contributed by atoms with Crippen LogP contribution < -0.4 is 0 Å². The molecule has 1 aromatic carbocycles. The molecule has 1 aliphatic heterocycles. The van der Waals surface area contributed by atoms with Crippen LogP contribution in [0.1, 0.15) is 41.4 Å². The van der Waals surface area contributed by atoms with Crippen molar-refractivity contribution in [3.8, 4) is 0 Å². The summed E-state index contributed by atoms with van der Waals surface area (Å²) in [5, 5.41) is 4.26. The Morgan fingerprint density at radius 1 is 1.15 bits per heavy atom. The van der Waals surface area contributed by atoms with Gasteiger partial charge in [-0.3, -0.25) is 14.6 Å². The fourth-order valence-electron chi connectivity index (χ4n) is 3.76. The smallest absolute Gasteiger partial charge is 0.126 e. The van der Waals surface area contributed by atoms with Gasteiger partial charge in [0.15, 0.2) is 0 Å². The Morgan fingerprint density at radius 3 is 2.85 bits per heavy atom. The third kappa shape index (κ3) is 3.68.